The van der Waals surface area contributed by atoms with Crippen molar-refractivity contribution in [1.82, 2.24) is 0 Å². The lowest BCUT2D eigenvalue weighted by Gasteiger charge is -2.28. The van der Waals surface area contributed by atoms with Crippen LogP contribution in [0.5, 0.6) is 0 Å². The molecule has 0 aliphatic carbocycles. The van der Waals surface area contributed by atoms with Gasteiger partial charge < -0.3 is 9.47 Å². The SMILES string of the molecule is C=CC[C@@H](C(=O)OC)[C@H]1CCCCO1. The summed E-state index contributed by atoms with van der Waals surface area (Å²) in [4.78, 5) is 11.5. The topological polar surface area (TPSA) is 35.5 Å². The molecule has 14 heavy (non-hydrogen) atoms. The van der Waals surface area contributed by atoms with Gasteiger partial charge in [0.2, 0.25) is 0 Å². The Labute approximate surface area is 85.1 Å². The number of carbonyl (C=O) groups is 1. The van der Waals surface area contributed by atoms with Crippen LogP contribution < -0.4 is 0 Å². The fraction of sp³-hybridized carbons (Fsp3) is 0.727. The Morgan fingerprint density at radius 1 is 1.71 bits per heavy atom. The number of carbonyl (C=O) groups excluding carboxylic acids is 1. The number of methoxy groups -OCH3 is 1. The zero-order chi connectivity index (χ0) is 10.4. The third-order valence-electron chi connectivity index (χ3n) is 2.59. The highest BCUT2D eigenvalue weighted by Gasteiger charge is 2.30. The van der Waals surface area contributed by atoms with E-state index in [1.807, 2.05) is 0 Å². The molecule has 1 saturated heterocycles. The van der Waals surface area contributed by atoms with Gasteiger partial charge in [0.1, 0.15) is 0 Å². The average molecular weight is 198 g/mol. The number of ether oxygens (including phenoxy) is 2. The van der Waals surface area contributed by atoms with E-state index >= 15 is 0 Å². The van der Waals surface area contributed by atoms with Gasteiger partial charge in [-0.3, -0.25) is 4.79 Å². The third kappa shape index (κ3) is 2.84. The van der Waals surface area contributed by atoms with Gasteiger partial charge in [-0.25, -0.2) is 0 Å². The molecule has 0 aromatic carbocycles. The van der Waals surface area contributed by atoms with Crippen LogP contribution in [0.3, 0.4) is 0 Å². The van der Waals surface area contributed by atoms with E-state index in [9.17, 15) is 4.79 Å². The van der Waals surface area contributed by atoms with Gasteiger partial charge in [-0.15, -0.1) is 6.58 Å². The first-order chi connectivity index (χ1) is 6.79. The molecule has 0 aromatic rings. The lowest BCUT2D eigenvalue weighted by Crippen LogP contribution is -2.33. The Morgan fingerprint density at radius 2 is 2.50 bits per heavy atom. The van der Waals surface area contributed by atoms with Crippen LogP contribution in [0.1, 0.15) is 25.7 Å². The zero-order valence-electron chi connectivity index (χ0n) is 8.70. The third-order valence-corrected chi connectivity index (χ3v) is 2.59. The fourth-order valence-electron chi connectivity index (χ4n) is 1.81. The molecule has 1 heterocycles. The monoisotopic (exact) mass is 198 g/mol. The van der Waals surface area contributed by atoms with Crippen LogP contribution in [0.15, 0.2) is 12.7 Å². The van der Waals surface area contributed by atoms with Crippen LogP contribution in [0, 0.1) is 5.92 Å². The highest BCUT2D eigenvalue weighted by molar-refractivity contribution is 5.73. The van der Waals surface area contributed by atoms with Gasteiger partial charge in [0, 0.05) is 6.61 Å². The molecule has 2 atom stereocenters. The van der Waals surface area contributed by atoms with Crippen molar-refractivity contribution in [3.8, 4) is 0 Å². The first kappa shape index (κ1) is 11.2. The number of hydrogen-bond acceptors (Lipinski definition) is 3. The molecule has 0 N–H and O–H groups in total. The van der Waals surface area contributed by atoms with E-state index in [4.69, 9.17) is 9.47 Å². The number of hydrogen-bond donors (Lipinski definition) is 0. The van der Waals surface area contributed by atoms with Crippen LogP contribution in [0.25, 0.3) is 0 Å². The molecule has 80 valence electrons. The average Bonchev–Trinajstić information content (AvgIpc) is 2.26. The highest BCUT2D eigenvalue weighted by atomic mass is 16.5. The molecule has 3 nitrogen and oxygen atoms in total. The van der Waals surface area contributed by atoms with Crippen LogP contribution >= 0.6 is 0 Å². The van der Waals surface area contributed by atoms with Gasteiger partial charge in [-0.2, -0.15) is 0 Å². The summed E-state index contributed by atoms with van der Waals surface area (Å²) in [6.45, 7) is 4.41. The van der Waals surface area contributed by atoms with Crippen molar-refractivity contribution in [2.75, 3.05) is 13.7 Å². The van der Waals surface area contributed by atoms with Crippen molar-refractivity contribution in [3.05, 3.63) is 12.7 Å². The first-order valence-corrected chi connectivity index (χ1v) is 5.10. The molecular weight excluding hydrogens is 180 g/mol. The smallest absolute Gasteiger partial charge is 0.311 e. The van der Waals surface area contributed by atoms with Gasteiger partial charge in [0.05, 0.1) is 19.1 Å². The number of esters is 1. The zero-order valence-corrected chi connectivity index (χ0v) is 8.70. The van der Waals surface area contributed by atoms with E-state index in [1.54, 1.807) is 6.08 Å². The summed E-state index contributed by atoms with van der Waals surface area (Å²) in [6.07, 6.45) is 5.59. The van der Waals surface area contributed by atoms with E-state index in [1.165, 1.54) is 7.11 Å². The highest BCUT2D eigenvalue weighted by Crippen LogP contribution is 2.23. The molecule has 0 aromatic heterocycles. The van der Waals surface area contributed by atoms with Crippen LogP contribution in [0.2, 0.25) is 0 Å². The standard InChI is InChI=1S/C11H18O3/c1-3-6-9(11(12)13-2)10-7-4-5-8-14-10/h3,9-10H,1,4-8H2,2H3/t9-,10-/m1/s1. The van der Waals surface area contributed by atoms with Gasteiger partial charge in [-0.1, -0.05) is 6.08 Å². The van der Waals surface area contributed by atoms with Crippen molar-refractivity contribution < 1.29 is 14.3 Å². The van der Waals surface area contributed by atoms with Gasteiger partial charge in [-0.05, 0) is 25.7 Å². The molecular formula is C11H18O3. The molecule has 1 rings (SSSR count). The molecule has 0 amide bonds. The molecule has 0 spiro atoms. The summed E-state index contributed by atoms with van der Waals surface area (Å²) < 4.78 is 10.3. The lowest BCUT2D eigenvalue weighted by molar-refractivity contribution is -0.152. The van der Waals surface area contributed by atoms with Crippen LogP contribution in [-0.2, 0) is 14.3 Å². The minimum Gasteiger partial charge on any atom is -0.469 e. The van der Waals surface area contributed by atoms with E-state index in [0.717, 1.165) is 25.9 Å². The summed E-state index contributed by atoms with van der Waals surface area (Å²) in [5, 5.41) is 0. The molecule has 0 saturated carbocycles. The molecule has 1 fully saturated rings. The molecule has 1 aliphatic rings. The molecule has 1 aliphatic heterocycles. The van der Waals surface area contributed by atoms with E-state index in [2.05, 4.69) is 6.58 Å². The van der Waals surface area contributed by atoms with Crippen molar-refractivity contribution in [1.29, 1.82) is 0 Å². The second kappa shape index (κ2) is 5.81. The maximum atomic E-state index is 11.5. The number of allylic oxidation sites excluding steroid dienone is 1. The molecule has 0 radical (unpaired) electrons. The second-order valence-electron chi connectivity index (χ2n) is 3.56. The Kier molecular flexibility index (Phi) is 4.66. The molecule has 3 heteroatoms. The molecule has 0 bridgehead atoms. The maximum absolute atomic E-state index is 11.5. The predicted molar refractivity (Wildman–Crippen MR) is 53.9 cm³/mol. The van der Waals surface area contributed by atoms with E-state index in [0.29, 0.717) is 6.42 Å². The largest absolute Gasteiger partial charge is 0.469 e. The molecule has 0 unspecified atom stereocenters. The Morgan fingerprint density at radius 3 is 3.00 bits per heavy atom. The second-order valence-corrected chi connectivity index (χ2v) is 3.56. The predicted octanol–water partition coefficient (Wildman–Crippen LogP) is 1.92. The Bertz CT molecular complexity index is 195. The summed E-state index contributed by atoms with van der Waals surface area (Å²) >= 11 is 0. The van der Waals surface area contributed by atoms with E-state index < -0.39 is 0 Å². The summed E-state index contributed by atoms with van der Waals surface area (Å²) in [5.74, 6) is -0.352. The van der Waals surface area contributed by atoms with Crippen molar-refractivity contribution >= 4 is 5.97 Å². The van der Waals surface area contributed by atoms with Crippen molar-refractivity contribution in [2.24, 2.45) is 5.92 Å². The lowest BCUT2D eigenvalue weighted by atomic mass is 9.93. The van der Waals surface area contributed by atoms with Gasteiger partial charge >= 0.3 is 5.97 Å². The minimum atomic E-state index is -0.184. The number of rotatable bonds is 4. The van der Waals surface area contributed by atoms with Crippen molar-refractivity contribution in [2.45, 2.75) is 31.8 Å². The summed E-state index contributed by atoms with van der Waals surface area (Å²) in [6, 6.07) is 0. The Hall–Kier alpha value is -0.830. The van der Waals surface area contributed by atoms with Crippen LogP contribution in [0.4, 0.5) is 0 Å². The Balaban J connectivity index is 2.55. The van der Waals surface area contributed by atoms with Crippen LogP contribution in [-0.4, -0.2) is 25.8 Å². The minimum absolute atomic E-state index is 0.0224. The van der Waals surface area contributed by atoms with Crippen molar-refractivity contribution in [3.63, 3.8) is 0 Å². The van der Waals surface area contributed by atoms with Gasteiger partial charge in [0.15, 0.2) is 0 Å². The first-order valence-electron chi connectivity index (χ1n) is 5.10. The van der Waals surface area contributed by atoms with Gasteiger partial charge in [0.25, 0.3) is 0 Å². The quantitative estimate of drug-likeness (QED) is 0.511. The summed E-state index contributed by atoms with van der Waals surface area (Å²) in [5.41, 5.74) is 0. The van der Waals surface area contributed by atoms with E-state index in [-0.39, 0.29) is 18.0 Å². The fourth-order valence-corrected chi connectivity index (χ4v) is 1.81. The summed E-state index contributed by atoms with van der Waals surface area (Å²) in [7, 11) is 1.42. The maximum Gasteiger partial charge on any atom is 0.311 e. The normalized spacial score (nSPS) is 23.9.